The number of carbonyl (C=O) groups excluding carboxylic acids is 2. The smallest absolute Gasteiger partial charge is 0.321 e. The summed E-state index contributed by atoms with van der Waals surface area (Å²) in [7, 11) is 0. The number of hydrogen-bond donors (Lipinski definition) is 3. The fourth-order valence-electron chi connectivity index (χ4n) is 1.67. The molecule has 0 spiro atoms. The molecule has 0 aliphatic carbocycles. The van der Waals surface area contributed by atoms with E-state index in [1.54, 1.807) is 0 Å². The molecule has 3 amide bonds. The molecule has 1 fully saturated rings. The standard InChI is InChI=1S/C11H18N2O5/c14-9(4-1-5-10(15)16)13-11(17)12-8-3-2-6-18-7-8/h8H,1-7H2,(H,15,16)(H2,12,13,14,17). The average molecular weight is 258 g/mol. The maximum Gasteiger partial charge on any atom is 0.321 e. The number of aliphatic carboxylic acids is 1. The third-order valence-electron chi connectivity index (χ3n) is 2.54. The van der Waals surface area contributed by atoms with Crippen molar-refractivity contribution < 1.29 is 24.2 Å². The summed E-state index contributed by atoms with van der Waals surface area (Å²) in [5.41, 5.74) is 0. The van der Waals surface area contributed by atoms with E-state index in [1.807, 2.05) is 0 Å². The molecular formula is C11H18N2O5. The highest BCUT2D eigenvalue weighted by Crippen LogP contribution is 2.05. The molecule has 0 radical (unpaired) electrons. The largest absolute Gasteiger partial charge is 0.481 e. The number of imide groups is 1. The zero-order valence-corrected chi connectivity index (χ0v) is 10.1. The fourth-order valence-corrected chi connectivity index (χ4v) is 1.67. The first kappa shape index (κ1) is 14.4. The van der Waals surface area contributed by atoms with Crippen LogP contribution >= 0.6 is 0 Å². The van der Waals surface area contributed by atoms with Gasteiger partial charge in [0.2, 0.25) is 5.91 Å². The Morgan fingerprint density at radius 2 is 2.06 bits per heavy atom. The van der Waals surface area contributed by atoms with Crippen LogP contribution in [0.3, 0.4) is 0 Å². The van der Waals surface area contributed by atoms with Gasteiger partial charge >= 0.3 is 12.0 Å². The summed E-state index contributed by atoms with van der Waals surface area (Å²) >= 11 is 0. The second-order valence-corrected chi connectivity index (χ2v) is 4.18. The first-order valence-electron chi connectivity index (χ1n) is 5.98. The van der Waals surface area contributed by atoms with Crippen molar-refractivity contribution in [3.05, 3.63) is 0 Å². The molecule has 102 valence electrons. The van der Waals surface area contributed by atoms with E-state index in [9.17, 15) is 14.4 Å². The molecular weight excluding hydrogens is 240 g/mol. The highest BCUT2D eigenvalue weighted by molar-refractivity contribution is 5.94. The van der Waals surface area contributed by atoms with E-state index in [2.05, 4.69) is 10.6 Å². The van der Waals surface area contributed by atoms with Gasteiger partial charge in [-0.15, -0.1) is 0 Å². The summed E-state index contributed by atoms with van der Waals surface area (Å²) in [6, 6.07) is -0.614. The van der Waals surface area contributed by atoms with Crippen LogP contribution in [0.25, 0.3) is 0 Å². The normalized spacial score (nSPS) is 19.0. The Bertz CT molecular complexity index is 313. The fraction of sp³-hybridized carbons (Fsp3) is 0.727. The van der Waals surface area contributed by atoms with Crippen molar-refractivity contribution in [1.29, 1.82) is 0 Å². The van der Waals surface area contributed by atoms with Gasteiger partial charge in [-0.25, -0.2) is 4.79 Å². The van der Waals surface area contributed by atoms with Gasteiger partial charge in [-0.2, -0.15) is 0 Å². The minimum absolute atomic E-state index is 0.0287. The molecule has 3 N–H and O–H groups in total. The van der Waals surface area contributed by atoms with Gasteiger partial charge in [-0.1, -0.05) is 0 Å². The third-order valence-corrected chi connectivity index (χ3v) is 2.54. The summed E-state index contributed by atoms with van der Waals surface area (Å²) in [6.07, 6.45) is 1.89. The molecule has 1 aliphatic rings. The van der Waals surface area contributed by atoms with Crippen molar-refractivity contribution in [2.75, 3.05) is 13.2 Å². The van der Waals surface area contributed by atoms with Gasteiger partial charge in [-0.05, 0) is 19.3 Å². The first-order chi connectivity index (χ1) is 8.58. The number of nitrogens with one attached hydrogen (secondary N) is 2. The van der Waals surface area contributed by atoms with Crippen molar-refractivity contribution in [3.8, 4) is 0 Å². The van der Waals surface area contributed by atoms with Gasteiger partial charge in [-0.3, -0.25) is 14.9 Å². The lowest BCUT2D eigenvalue weighted by molar-refractivity contribution is -0.137. The SMILES string of the molecule is O=C(O)CCCC(=O)NC(=O)NC1CCCOC1. The molecule has 1 rings (SSSR count). The minimum atomic E-state index is -0.952. The van der Waals surface area contributed by atoms with Crippen molar-refractivity contribution in [2.45, 2.75) is 38.1 Å². The number of carbonyl (C=O) groups is 3. The molecule has 1 saturated heterocycles. The topological polar surface area (TPSA) is 105 Å². The van der Waals surface area contributed by atoms with Crippen LogP contribution in [-0.2, 0) is 14.3 Å². The highest BCUT2D eigenvalue weighted by Gasteiger charge is 2.17. The lowest BCUT2D eigenvalue weighted by Crippen LogP contribution is -2.47. The van der Waals surface area contributed by atoms with Crippen LogP contribution in [0, 0.1) is 0 Å². The Labute approximate surface area is 105 Å². The number of amides is 3. The molecule has 7 heteroatoms. The van der Waals surface area contributed by atoms with Crippen molar-refractivity contribution >= 4 is 17.9 Å². The van der Waals surface area contributed by atoms with Crippen LogP contribution in [0.2, 0.25) is 0 Å². The monoisotopic (exact) mass is 258 g/mol. The Morgan fingerprint density at radius 1 is 1.28 bits per heavy atom. The summed E-state index contributed by atoms with van der Waals surface area (Å²) < 4.78 is 5.19. The molecule has 7 nitrogen and oxygen atoms in total. The van der Waals surface area contributed by atoms with Crippen LogP contribution in [0.1, 0.15) is 32.1 Å². The number of rotatable bonds is 5. The minimum Gasteiger partial charge on any atom is -0.481 e. The molecule has 18 heavy (non-hydrogen) atoms. The molecule has 1 aliphatic heterocycles. The van der Waals surface area contributed by atoms with Crippen LogP contribution < -0.4 is 10.6 Å². The number of urea groups is 1. The van der Waals surface area contributed by atoms with Crippen LogP contribution in [0.15, 0.2) is 0 Å². The molecule has 0 bridgehead atoms. The summed E-state index contributed by atoms with van der Waals surface area (Å²) in [5.74, 6) is -1.42. The zero-order valence-electron chi connectivity index (χ0n) is 10.1. The number of carboxylic acids is 1. The Balaban J connectivity index is 2.14. The third kappa shape index (κ3) is 6.19. The highest BCUT2D eigenvalue weighted by atomic mass is 16.5. The number of hydrogen-bond acceptors (Lipinski definition) is 4. The second-order valence-electron chi connectivity index (χ2n) is 4.18. The summed E-state index contributed by atoms with van der Waals surface area (Å²) in [5, 5.41) is 13.2. The summed E-state index contributed by atoms with van der Waals surface area (Å²) in [6.45, 7) is 1.16. The molecule has 1 atom stereocenters. The van der Waals surface area contributed by atoms with Crippen LogP contribution in [-0.4, -0.2) is 42.3 Å². The predicted octanol–water partition coefficient (Wildman–Crippen LogP) is 0.246. The molecule has 0 aromatic heterocycles. The zero-order chi connectivity index (χ0) is 13.4. The van der Waals surface area contributed by atoms with E-state index in [4.69, 9.17) is 9.84 Å². The van der Waals surface area contributed by atoms with Gasteiger partial charge in [0.1, 0.15) is 0 Å². The van der Waals surface area contributed by atoms with Gasteiger partial charge < -0.3 is 15.2 Å². The second kappa shape index (κ2) is 7.65. The molecule has 1 unspecified atom stereocenters. The quantitative estimate of drug-likeness (QED) is 0.655. The van der Waals surface area contributed by atoms with Gasteiger partial charge in [0.15, 0.2) is 0 Å². The van der Waals surface area contributed by atoms with E-state index < -0.39 is 17.9 Å². The van der Waals surface area contributed by atoms with Gasteiger partial charge in [0.25, 0.3) is 0 Å². The van der Waals surface area contributed by atoms with E-state index in [0.717, 1.165) is 12.8 Å². The maximum atomic E-state index is 11.4. The Kier molecular flexibility index (Phi) is 6.13. The Morgan fingerprint density at radius 3 is 2.67 bits per heavy atom. The maximum absolute atomic E-state index is 11.4. The average Bonchev–Trinajstić information content (AvgIpc) is 2.29. The molecule has 1 heterocycles. The molecule has 0 aromatic rings. The van der Waals surface area contributed by atoms with Crippen molar-refractivity contribution in [3.63, 3.8) is 0 Å². The molecule has 0 aromatic carbocycles. The Hall–Kier alpha value is -1.63. The van der Waals surface area contributed by atoms with E-state index in [1.165, 1.54) is 0 Å². The lowest BCUT2D eigenvalue weighted by atomic mass is 10.1. The molecule has 0 saturated carbocycles. The predicted molar refractivity (Wildman–Crippen MR) is 62.0 cm³/mol. The van der Waals surface area contributed by atoms with Crippen LogP contribution in [0.5, 0.6) is 0 Å². The number of carboxylic acid groups (broad SMARTS) is 1. The first-order valence-corrected chi connectivity index (χ1v) is 5.98. The van der Waals surface area contributed by atoms with E-state index >= 15 is 0 Å². The van der Waals surface area contributed by atoms with Crippen LogP contribution in [0.4, 0.5) is 4.79 Å². The van der Waals surface area contributed by atoms with Crippen molar-refractivity contribution in [1.82, 2.24) is 10.6 Å². The van der Waals surface area contributed by atoms with Gasteiger partial charge in [0.05, 0.1) is 12.6 Å². The van der Waals surface area contributed by atoms with E-state index in [-0.39, 0.29) is 25.3 Å². The van der Waals surface area contributed by atoms with Gasteiger partial charge in [0, 0.05) is 19.4 Å². The lowest BCUT2D eigenvalue weighted by Gasteiger charge is -2.22. The number of ether oxygens (including phenoxy) is 1. The van der Waals surface area contributed by atoms with E-state index in [0.29, 0.717) is 13.2 Å². The van der Waals surface area contributed by atoms with Crippen molar-refractivity contribution in [2.24, 2.45) is 0 Å². The summed E-state index contributed by atoms with van der Waals surface area (Å²) in [4.78, 5) is 32.9.